The van der Waals surface area contributed by atoms with Gasteiger partial charge in [0.15, 0.2) is 0 Å². The zero-order valence-electron chi connectivity index (χ0n) is 17.8. The van der Waals surface area contributed by atoms with Crippen molar-refractivity contribution in [2.24, 2.45) is 11.8 Å². The second-order valence-corrected chi connectivity index (χ2v) is 8.00. The molecule has 7 nitrogen and oxygen atoms in total. The smallest absolute Gasteiger partial charge is 0.417 e. The van der Waals surface area contributed by atoms with Crippen molar-refractivity contribution in [3.8, 4) is 11.1 Å². The maximum Gasteiger partial charge on any atom is 0.417 e. The quantitative estimate of drug-likeness (QED) is 0.553. The fraction of sp³-hybridized carbons (Fsp3) is 0.435. The van der Waals surface area contributed by atoms with Crippen LogP contribution < -0.4 is 5.32 Å². The summed E-state index contributed by atoms with van der Waals surface area (Å²) in [6.45, 7) is 0.254. The zero-order valence-corrected chi connectivity index (χ0v) is 17.8. The van der Waals surface area contributed by atoms with Crippen molar-refractivity contribution in [2.75, 3.05) is 25.1 Å². The van der Waals surface area contributed by atoms with Gasteiger partial charge in [-0.15, -0.1) is 0 Å². The molecule has 0 spiro atoms. The third-order valence-corrected chi connectivity index (χ3v) is 5.52. The van der Waals surface area contributed by atoms with E-state index in [0.29, 0.717) is 18.4 Å². The predicted molar refractivity (Wildman–Crippen MR) is 114 cm³/mol. The lowest BCUT2D eigenvalue weighted by atomic mass is 9.83. The lowest BCUT2D eigenvalue weighted by Crippen LogP contribution is -2.25. The molecule has 178 valence electrons. The molecule has 0 atom stereocenters. The van der Waals surface area contributed by atoms with E-state index in [-0.39, 0.29) is 36.4 Å². The summed E-state index contributed by atoms with van der Waals surface area (Å²) in [6, 6.07) is 9.31. The van der Waals surface area contributed by atoms with Crippen LogP contribution in [0.25, 0.3) is 11.1 Å². The molecule has 0 radical (unpaired) electrons. The van der Waals surface area contributed by atoms with E-state index >= 15 is 0 Å². The Balaban J connectivity index is 1.55. The highest BCUT2D eigenvalue weighted by Gasteiger charge is 2.32. The van der Waals surface area contributed by atoms with Crippen LogP contribution in [0.4, 0.5) is 23.8 Å². The molecule has 1 aromatic carbocycles. The lowest BCUT2D eigenvalue weighted by Gasteiger charge is -2.27. The van der Waals surface area contributed by atoms with E-state index in [1.807, 2.05) is 0 Å². The molecule has 1 aromatic heterocycles. The number of carbonyl (C=O) groups is 2. The highest BCUT2D eigenvalue weighted by Crippen LogP contribution is 2.35. The molecule has 33 heavy (non-hydrogen) atoms. The average Bonchev–Trinajstić information content (AvgIpc) is 2.78. The Bertz CT molecular complexity index is 945. The topological polar surface area (TPSA) is 97.8 Å². The number of halogens is 3. The Morgan fingerprint density at radius 1 is 1.06 bits per heavy atom. The summed E-state index contributed by atoms with van der Waals surface area (Å²) >= 11 is 0. The van der Waals surface area contributed by atoms with Crippen LogP contribution in [0.15, 0.2) is 42.6 Å². The SMILES string of the molecule is O=C(O)COCC1CCC(COC(=O)Nc2ncc(C(F)(F)F)cc2-c2ccccc2)CC1. The first-order chi connectivity index (χ1) is 15.7. The summed E-state index contributed by atoms with van der Waals surface area (Å²) in [6.07, 6.45) is -1.37. The molecule has 2 N–H and O–H groups in total. The van der Waals surface area contributed by atoms with Gasteiger partial charge >= 0.3 is 18.2 Å². The normalized spacial score (nSPS) is 18.5. The Morgan fingerprint density at radius 3 is 2.30 bits per heavy atom. The average molecular weight is 466 g/mol. The van der Waals surface area contributed by atoms with Crippen molar-refractivity contribution in [1.29, 1.82) is 0 Å². The van der Waals surface area contributed by atoms with Crippen molar-refractivity contribution in [2.45, 2.75) is 31.9 Å². The van der Waals surface area contributed by atoms with E-state index in [9.17, 15) is 22.8 Å². The van der Waals surface area contributed by atoms with Crippen molar-refractivity contribution in [3.63, 3.8) is 0 Å². The summed E-state index contributed by atoms with van der Waals surface area (Å²) in [4.78, 5) is 26.6. The number of aromatic nitrogens is 1. The zero-order chi connectivity index (χ0) is 23.8. The molecule has 0 unspecified atom stereocenters. The van der Waals surface area contributed by atoms with E-state index in [1.165, 1.54) is 0 Å². The number of nitrogens with one attached hydrogen (secondary N) is 1. The summed E-state index contributed by atoms with van der Waals surface area (Å²) in [7, 11) is 0. The van der Waals surface area contributed by atoms with Crippen LogP contribution in [0, 0.1) is 11.8 Å². The third kappa shape index (κ3) is 7.45. The van der Waals surface area contributed by atoms with E-state index < -0.39 is 23.8 Å². The Hall–Kier alpha value is -3.14. The first-order valence-corrected chi connectivity index (χ1v) is 10.6. The largest absolute Gasteiger partial charge is 0.480 e. The van der Waals surface area contributed by atoms with E-state index in [0.717, 1.165) is 31.7 Å². The van der Waals surface area contributed by atoms with Gasteiger partial charge in [-0.2, -0.15) is 13.2 Å². The van der Waals surface area contributed by atoms with Crippen LogP contribution in [-0.4, -0.2) is 42.0 Å². The van der Waals surface area contributed by atoms with Crippen molar-refractivity contribution in [3.05, 3.63) is 48.2 Å². The number of nitrogens with zero attached hydrogens (tertiary/aromatic N) is 1. The van der Waals surface area contributed by atoms with E-state index in [4.69, 9.17) is 14.6 Å². The van der Waals surface area contributed by atoms with Crippen LogP contribution in [0.3, 0.4) is 0 Å². The minimum Gasteiger partial charge on any atom is -0.480 e. The van der Waals surface area contributed by atoms with Gasteiger partial charge in [-0.1, -0.05) is 30.3 Å². The molecular formula is C23H25F3N2O5. The number of rotatable bonds is 8. The second-order valence-electron chi connectivity index (χ2n) is 8.00. The number of amides is 1. The number of carboxylic acid groups (broad SMARTS) is 1. The number of hydrogen-bond acceptors (Lipinski definition) is 5. The molecule has 0 saturated heterocycles. The molecule has 3 rings (SSSR count). The molecule has 1 fully saturated rings. The van der Waals surface area contributed by atoms with E-state index in [1.54, 1.807) is 30.3 Å². The summed E-state index contributed by atoms with van der Waals surface area (Å²) in [5.74, 6) is -0.584. The first kappa shape index (κ1) is 24.5. The molecule has 2 aromatic rings. The van der Waals surface area contributed by atoms with Gasteiger partial charge in [0.2, 0.25) is 0 Å². The first-order valence-electron chi connectivity index (χ1n) is 10.6. The third-order valence-electron chi connectivity index (χ3n) is 5.52. The summed E-state index contributed by atoms with van der Waals surface area (Å²) < 4.78 is 49.9. The van der Waals surface area contributed by atoms with Crippen LogP contribution in [0.5, 0.6) is 0 Å². The number of carbonyl (C=O) groups excluding carboxylic acids is 1. The number of pyridine rings is 1. The maximum absolute atomic E-state index is 13.2. The monoisotopic (exact) mass is 466 g/mol. The predicted octanol–water partition coefficient (Wildman–Crippen LogP) is 5.22. The number of carboxylic acids is 1. The highest BCUT2D eigenvalue weighted by atomic mass is 19.4. The second kappa shape index (κ2) is 11.1. The van der Waals surface area contributed by atoms with E-state index in [2.05, 4.69) is 10.3 Å². The Labute approximate surface area is 188 Å². The number of anilines is 1. The molecular weight excluding hydrogens is 441 g/mol. The van der Waals surface area contributed by atoms with Gasteiger partial charge in [0.05, 0.1) is 18.8 Å². The molecule has 1 aliphatic carbocycles. The van der Waals surface area contributed by atoms with Crippen LogP contribution in [0.1, 0.15) is 31.2 Å². The van der Waals surface area contributed by atoms with Gasteiger partial charge in [0.25, 0.3) is 0 Å². The number of ether oxygens (including phenoxy) is 2. The molecule has 1 heterocycles. The standard InChI is InChI=1S/C23H25F3N2O5/c24-23(25,26)18-10-19(17-4-2-1-3-5-17)21(27-11-18)28-22(31)33-13-16-8-6-15(7-9-16)12-32-14-20(29)30/h1-5,10-11,15-16H,6-9,12-14H2,(H,29,30)(H,27,28,31). The number of alkyl halides is 3. The molecule has 0 aliphatic heterocycles. The van der Waals surface area contributed by atoms with Crippen LogP contribution in [-0.2, 0) is 20.4 Å². The number of hydrogen-bond donors (Lipinski definition) is 2. The molecule has 1 aliphatic rings. The van der Waals surface area contributed by atoms with Crippen molar-refractivity contribution in [1.82, 2.24) is 4.98 Å². The summed E-state index contributed by atoms with van der Waals surface area (Å²) in [5, 5.41) is 11.1. The maximum atomic E-state index is 13.2. The minimum atomic E-state index is -4.56. The van der Waals surface area contributed by atoms with Crippen molar-refractivity contribution < 1.29 is 37.3 Å². The van der Waals surface area contributed by atoms with Gasteiger partial charge in [-0.25, -0.2) is 14.6 Å². The molecule has 0 bridgehead atoms. The number of benzene rings is 1. The van der Waals surface area contributed by atoms with Gasteiger partial charge in [-0.05, 0) is 49.1 Å². The minimum absolute atomic E-state index is 0.0153. The molecule has 1 saturated carbocycles. The van der Waals surface area contributed by atoms with Gasteiger partial charge in [0, 0.05) is 11.8 Å². The van der Waals surface area contributed by atoms with Crippen LogP contribution >= 0.6 is 0 Å². The fourth-order valence-corrected chi connectivity index (χ4v) is 3.76. The fourth-order valence-electron chi connectivity index (χ4n) is 3.76. The van der Waals surface area contributed by atoms with Gasteiger partial charge in [-0.3, -0.25) is 5.32 Å². The highest BCUT2D eigenvalue weighted by molar-refractivity contribution is 5.89. The lowest BCUT2D eigenvalue weighted by molar-refractivity contribution is -0.143. The molecule has 10 heteroatoms. The summed E-state index contributed by atoms with van der Waals surface area (Å²) in [5.41, 5.74) is -0.288. The number of aliphatic carboxylic acids is 1. The van der Waals surface area contributed by atoms with Gasteiger partial charge < -0.3 is 14.6 Å². The Kier molecular flexibility index (Phi) is 8.26. The van der Waals surface area contributed by atoms with Crippen molar-refractivity contribution >= 4 is 17.9 Å². The van der Waals surface area contributed by atoms with Crippen LogP contribution in [0.2, 0.25) is 0 Å². The molecule has 1 amide bonds. The van der Waals surface area contributed by atoms with Gasteiger partial charge in [0.1, 0.15) is 12.4 Å². The Morgan fingerprint density at radius 2 is 1.70 bits per heavy atom.